The molecule has 0 radical (unpaired) electrons. The van der Waals surface area contributed by atoms with E-state index in [1.807, 2.05) is 47.8 Å². The Morgan fingerprint density at radius 3 is 1.72 bits per heavy atom. The van der Waals surface area contributed by atoms with Gasteiger partial charge in [-0.25, -0.2) is 4.79 Å². The number of aliphatic carboxylic acids is 2. The van der Waals surface area contributed by atoms with Gasteiger partial charge in [-0.2, -0.15) is 0 Å². The summed E-state index contributed by atoms with van der Waals surface area (Å²) in [5.41, 5.74) is 3.45. The predicted octanol–water partition coefficient (Wildman–Crippen LogP) is 2.92. The van der Waals surface area contributed by atoms with Crippen LogP contribution in [0.3, 0.4) is 0 Å². The van der Waals surface area contributed by atoms with Crippen molar-refractivity contribution in [2.75, 3.05) is 5.32 Å². The SMILES string of the molecule is CCC(=O)N[C@H](Cc1cccs1)C(=O)N[C@@H](Cc1ccc(-c2ccccc2)cc1)C(=O)N[C@H](CC(=O)O)C(=O)N[C@@H](Cc1ccc(NC=O)cc1)C(=O)O. The first kappa shape index (κ1) is 40.4. The molecule has 7 N–H and O–H groups in total. The molecule has 0 bridgehead atoms. The van der Waals surface area contributed by atoms with Gasteiger partial charge >= 0.3 is 11.9 Å². The lowest BCUT2D eigenvalue weighted by molar-refractivity contribution is -0.143. The minimum absolute atomic E-state index is 0.0752. The van der Waals surface area contributed by atoms with E-state index < -0.39 is 60.2 Å². The Balaban J connectivity index is 1.57. The number of carbonyl (C=O) groups is 7. The number of rotatable bonds is 20. The van der Waals surface area contributed by atoms with Crippen LogP contribution in [0.15, 0.2) is 96.4 Å². The smallest absolute Gasteiger partial charge is 0.326 e. The molecule has 0 spiro atoms. The number of nitrogens with one attached hydrogen (secondary N) is 5. The molecule has 54 heavy (non-hydrogen) atoms. The molecule has 4 aromatic rings. The lowest BCUT2D eigenvalue weighted by Gasteiger charge is -2.26. The van der Waals surface area contributed by atoms with Crippen LogP contribution < -0.4 is 26.6 Å². The Hall–Kier alpha value is -6.35. The third-order valence-electron chi connectivity index (χ3n) is 8.34. The Morgan fingerprint density at radius 2 is 1.17 bits per heavy atom. The van der Waals surface area contributed by atoms with Gasteiger partial charge in [0.2, 0.25) is 30.0 Å². The molecular weight excluding hydrogens is 715 g/mol. The normalized spacial score (nSPS) is 12.9. The number of benzene rings is 3. The average Bonchev–Trinajstić information content (AvgIpc) is 3.68. The number of carboxylic acids is 2. The van der Waals surface area contributed by atoms with Gasteiger partial charge in [0.05, 0.1) is 6.42 Å². The van der Waals surface area contributed by atoms with Gasteiger partial charge in [-0.15, -0.1) is 11.3 Å². The largest absolute Gasteiger partial charge is 0.481 e. The molecule has 282 valence electrons. The molecule has 0 saturated heterocycles. The summed E-state index contributed by atoms with van der Waals surface area (Å²) in [5, 5.41) is 33.9. The van der Waals surface area contributed by atoms with Crippen molar-refractivity contribution in [3.63, 3.8) is 0 Å². The standard InChI is InChI=1S/C39H41N5O9S/c1-2-34(46)41-31(21-29-9-6-18-54-29)37(50)42-30(19-24-10-14-27(15-11-24)26-7-4-3-5-8-26)36(49)43-32(22-35(47)48)38(51)44-33(39(52)53)20-25-12-16-28(17-13-25)40-23-45/h3-18,23,30-33H,2,19-22H2,1H3,(H,40,45)(H,41,46)(H,42,50)(H,43,49)(H,44,51)(H,47,48)(H,52,53)/t30-,31+,32+,33-/m0/s1. The number of carboxylic acid groups (broad SMARTS) is 2. The lowest BCUT2D eigenvalue weighted by atomic mass is 9.99. The highest BCUT2D eigenvalue weighted by molar-refractivity contribution is 7.09. The molecule has 0 aliphatic carbocycles. The maximum Gasteiger partial charge on any atom is 0.326 e. The molecule has 5 amide bonds. The zero-order valence-corrected chi connectivity index (χ0v) is 30.1. The van der Waals surface area contributed by atoms with Crippen molar-refractivity contribution < 1.29 is 43.8 Å². The molecule has 1 heterocycles. The van der Waals surface area contributed by atoms with Crippen molar-refractivity contribution in [1.29, 1.82) is 0 Å². The quantitative estimate of drug-likeness (QED) is 0.0659. The zero-order valence-electron chi connectivity index (χ0n) is 29.3. The van der Waals surface area contributed by atoms with E-state index in [-0.39, 0.29) is 31.6 Å². The molecule has 0 fully saturated rings. The summed E-state index contributed by atoms with van der Waals surface area (Å²) in [6.07, 6.45) is -0.422. The van der Waals surface area contributed by atoms with E-state index >= 15 is 0 Å². The van der Waals surface area contributed by atoms with Gasteiger partial charge in [-0.05, 0) is 45.8 Å². The third kappa shape index (κ3) is 12.4. The highest BCUT2D eigenvalue weighted by Gasteiger charge is 2.33. The second-order valence-corrected chi connectivity index (χ2v) is 13.3. The highest BCUT2D eigenvalue weighted by Crippen LogP contribution is 2.20. The third-order valence-corrected chi connectivity index (χ3v) is 9.24. The number of carbonyl (C=O) groups excluding carboxylic acids is 5. The van der Waals surface area contributed by atoms with Gasteiger partial charge in [0.1, 0.15) is 24.2 Å². The monoisotopic (exact) mass is 755 g/mol. The van der Waals surface area contributed by atoms with Crippen molar-refractivity contribution in [2.45, 2.75) is 63.2 Å². The first-order chi connectivity index (χ1) is 25.9. The molecule has 0 saturated carbocycles. The highest BCUT2D eigenvalue weighted by atomic mass is 32.1. The molecule has 15 heteroatoms. The van der Waals surface area contributed by atoms with E-state index in [9.17, 15) is 43.8 Å². The van der Waals surface area contributed by atoms with Crippen LogP contribution in [0.25, 0.3) is 11.1 Å². The maximum atomic E-state index is 14.0. The van der Waals surface area contributed by atoms with Crippen LogP contribution >= 0.6 is 11.3 Å². The van der Waals surface area contributed by atoms with Crippen molar-refractivity contribution >= 4 is 59.0 Å². The summed E-state index contributed by atoms with van der Waals surface area (Å²) in [6, 6.07) is 21.0. The van der Waals surface area contributed by atoms with Crippen LogP contribution in [0.4, 0.5) is 5.69 Å². The van der Waals surface area contributed by atoms with Crippen LogP contribution in [-0.2, 0) is 52.8 Å². The van der Waals surface area contributed by atoms with Crippen LogP contribution in [0, 0.1) is 0 Å². The predicted molar refractivity (Wildman–Crippen MR) is 201 cm³/mol. The molecule has 0 aliphatic heterocycles. The molecular formula is C39H41N5O9S. The zero-order chi connectivity index (χ0) is 39.0. The van der Waals surface area contributed by atoms with E-state index in [4.69, 9.17) is 0 Å². The van der Waals surface area contributed by atoms with Crippen molar-refractivity contribution in [3.05, 3.63) is 112 Å². The van der Waals surface area contributed by atoms with Gasteiger partial charge in [0.25, 0.3) is 0 Å². The van der Waals surface area contributed by atoms with E-state index in [1.54, 1.807) is 55.5 Å². The average molecular weight is 756 g/mol. The van der Waals surface area contributed by atoms with Gasteiger partial charge in [-0.1, -0.05) is 79.7 Å². The molecule has 0 unspecified atom stereocenters. The molecule has 1 aromatic heterocycles. The van der Waals surface area contributed by atoms with E-state index in [0.29, 0.717) is 23.2 Å². The minimum atomic E-state index is -1.72. The number of anilines is 1. The fourth-order valence-corrected chi connectivity index (χ4v) is 6.24. The summed E-state index contributed by atoms with van der Waals surface area (Å²) >= 11 is 1.39. The Labute approximate surface area is 315 Å². The molecule has 14 nitrogen and oxygen atoms in total. The summed E-state index contributed by atoms with van der Waals surface area (Å²) in [5.74, 6) is -5.89. The number of amides is 5. The lowest BCUT2D eigenvalue weighted by Crippen LogP contribution is -2.59. The topological polar surface area (TPSA) is 220 Å². The molecule has 0 aliphatic rings. The summed E-state index contributed by atoms with van der Waals surface area (Å²) in [7, 11) is 0. The van der Waals surface area contributed by atoms with Crippen LogP contribution in [0.2, 0.25) is 0 Å². The van der Waals surface area contributed by atoms with E-state index in [2.05, 4.69) is 26.6 Å². The molecule has 4 atom stereocenters. The molecule has 4 rings (SSSR count). The van der Waals surface area contributed by atoms with Gasteiger partial charge in [0.15, 0.2) is 0 Å². The van der Waals surface area contributed by atoms with Gasteiger partial charge in [-0.3, -0.25) is 28.8 Å². The Kier molecular flexibility index (Phi) is 15.0. The van der Waals surface area contributed by atoms with Gasteiger partial charge < -0.3 is 36.8 Å². The van der Waals surface area contributed by atoms with E-state index in [0.717, 1.165) is 16.0 Å². The molecule has 3 aromatic carbocycles. The summed E-state index contributed by atoms with van der Waals surface area (Å²) in [6.45, 7) is 1.64. The summed E-state index contributed by atoms with van der Waals surface area (Å²) in [4.78, 5) is 89.1. The van der Waals surface area contributed by atoms with Crippen LogP contribution in [-0.4, -0.2) is 76.4 Å². The van der Waals surface area contributed by atoms with Crippen molar-refractivity contribution in [1.82, 2.24) is 21.3 Å². The fraction of sp³-hybridized carbons (Fsp3) is 0.256. The Morgan fingerprint density at radius 1 is 0.630 bits per heavy atom. The first-order valence-corrected chi connectivity index (χ1v) is 17.9. The van der Waals surface area contributed by atoms with E-state index in [1.165, 1.54) is 11.3 Å². The van der Waals surface area contributed by atoms with Crippen molar-refractivity contribution in [3.8, 4) is 11.1 Å². The van der Waals surface area contributed by atoms with Crippen LogP contribution in [0.5, 0.6) is 0 Å². The first-order valence-electron chi connectivity index (χ1n) is 17.1. The van der Waals surface area contributed by atoms with Crippen molar-refractivity contribution in [2.24, 2.45) is 0 Å². The van der Waals surface area contributed by atoms with Gasteiger partial charge in [0, 0.05) is 36.2 Å². The van der Waals surface area contributed by atoms with Crippen LogP contribution in [0.1, 0.15) is 35.8 Å². The minimum Gasteiger partial charge on any atom is -0.481 e. The maximum absolute atomic E-state index is 14.0. The number of hydrogen-bond donors (Lipinski definition) is 7. The number of thiophene rings is 1. The fourth-order valence-electron chi connectivity index (χ4n) is 5.49. The second kappa shape index (κ2) is 20.0. The Bertz CT molecular complexity index is 1900. The number of hydrogen-bond acceptors (Lipinski definition) is 8. The summed E-state index contributed by atoms with van der Waals surface area (Å²) < 4.78 is 0. The second-order valence-electron chi connectivity index (χ2n) is 12.3.